The normalized spacial score (nSPS) is 13.7. The quantitative estimate of drug-likeness (QED) is 0.289. The molecule has 37 heavy (non-hydrogen) atoms. The van der Waals surface area contributed by atoms with Gasteiger partial charge in [-0.05, 0) is 32.9 Å². The molecule has 0 saturated carbocycles. The van der Waals surface area contributed by atoms with Gasteiger partial charge >= 0.3 is 0 Å². The van der Waals surface area contributed by atoms with Crippen molar-refractivity contribution in [3.63, 3.8) is 0 Å². The Bertz CT molecular complexity index is 1340. The van der Waals surface area contributed by atoms with Crippen LogP contribution >= 0.6 is 11.6 Å². The predicted molar refractivity (Wildman–Crippen MR) is 137 cm³/mol. The first kappa shape index (κ1) is 26.7. The average molecular weight is 548 g/mol. The molecule has 3 atom stereocenters. The minimum absolute atomic E-state index is 0.162. The number of para-hydroxylation sites is 1. The Labute approximate surface area is 221 Å². The van der Waals surface area contributed by atoms with E-state index in [9.17, 15) is 4.55 Å². The third kappa shape index (κ3) is 5.21. The van der Waals surface area contributed by atoms with Gasteiger partial charge in [0.15, 0.2) is 28.7 Å². The van der Waals surface area contributed by atoms with Crippen LogP contribution in [0.3, 0.4) is 0 Å². The summed E-state index contributed by atoms with van der Waals surface area (Å²) in [6, 6.07) is 5.33. The predicted octanol–water partition coefficient (Wildman–Crippen LogP) is 3.85. The summed E-state index contributed by atoms with van der Waals surface area (Å²) >= 11 is 4.18. The SMILES string of the molecule is COc1cccc(OC)c1-n1c(N[S+]([O-])C(C)C(OC)c2ncc(Cl)cn2)nnc1-c1noc(C)c1C. The second kappa shape index (κ2) is 11.3. The Morgan fingerprint density at radius 3 is 2.27 bits per heavy atom. The summed E-state index contributed by atoms with van der Waals surface area (Å²) < 4.78 is 40.3. The molecule has 4 rings (SSSR count). The number of rotatable bonds is 10. The van der Waals surface area contributed by atoms with Crippen LogP contribution in [0.2, 0.25) is 5.02 Å². The fraction of sp³-hybridized carbons (Fsp3) is 0.348. The van der Waals surface area contributed by atoms with Crippen LogP contribution in [0.1, 0.15) is 30.2 Å². The molecule has 0 bridgehead atoms. The van der Waals surface area contributed by atoms with Gasteiger partial charge in [0, 0.05) is 25.1 Å². The maximum Gasteiger partial charge on any atom is 0.271 e. The minimum Gasteiger partial charge on any atom is -0.593 e. The van der Waals surface area contributed by atoms with E-state index in [-0.39, 0.29) is 5.95 Å². The van der Waals surface area contributed by atoms with Crippen LogP contribution in [0.15, 0.2) is 35.1 Å². The Kier molecular flexibility index (Phi) is 8.17. The molecule has 0 saturated heterocycles. The van der Waals surface area contributed by atoms with Crippen molar-refractivity contribution in [3.8, 4) is 28.7 Å². The van der Waals surface area contributed by atoms with Crippen LogP contribution < -0.4 is 14.2 Å². The first-order chi connectivity index (χ1) is 17.8. The summed E-state index contributed by atoms with van der Waals surface area (Å²) in [7, 11) is 4.57. The van der Waals surface area contributed by atoms with Crippen molar-refractivity contribution in [2.24, 2.45) is 0 Å². The highest BCUT2D eigenvalue weighted by Crippen LogP contribution is 2.38. The van der Waals surface area contributed by atoms with Gasteiger partial charge in [-0.15, -0.1) is 10.2 Å². The van der Waals surface area contributed by atoms with E-state index in [1.54, 1.807) is 36.6 Å². The molecule has 3 heterocycles. The molecule has 0 radical (unpaired) electrons. The van der Waals surface area contributed by atoms with Crippen LogP contribution in [-0.2, 0) is 16.1 Å². The highest BCUT2D eigenvalue weighted by molar-refractivity contribution is 7.93. The van der Waals surface area contributed by atoms with Gasteiger partial charge in [-0.25, -0.2) is 14.5 Å². The third-order valence-corrected chi connectivity index (χ3v) is 7.26. The number of benzene rings is 1. The molecular weight excluding hydrogens is 522 g/mol. The molecule has 14 heteroatoms. The molecule has 3 unspecified atom stereocenters. The van der Waals surface area contributed by atoms with Gasteiger partial charge < -0.3 is 23.3 Å². The summed E-state index contributed by atoms with van der Waals surface area (Å²) in [6.07, 6.45) is 2.22. The zero-order valence-electron chi connectivity index (χ0n) is 21.1. The number of hydrogen-bond acceptors (Lipinski definition) is 11. The van der Waals surface area contributed by atoms with Crippen LogP contribution in [0.5, 0.6) is 11.5 Å². The fourth-order valence-corrected chi connectivity index (χ4v) is 4.72. The molecule has 196 valence electrons. The maximum absolute atomic E-state index is 13.5. The maximum atomic E-state index is 13.5. The van der Waals surface area contributed by atoms with E-state index in [4.69, 9.17) is 30.3 Å². The topological polar surface area (TPSA) is 145 Å². The van der Waals surface area contributed by atoms with Crippen LogP contribution in [0.25, 0.3) is 17.2 Å². The van der Waals surface area contributed by atoms with Crippen molar-refractivity contribution in [1.29, 1.82) is 0 Å². The fourth-order valence-electron chi connectivity index (χ4n) is 3.67. The summed E-state index contributed by atoms with van der Waals surface area (Å²) in [5.41, 5.74) is 1.74. The van der Waals surface area contributed by atoms with E-state index in [1.165, 1.54) is 33.7 Å². The third-order valence-electron chi connectivity index (χ3n) is 5.76. The standard InChI is InChI=1S/C23H26ClN7O5S/c1-12-13(2)36-29-18(12)22-27-28-23(31(22)19-16(33-4)8-7-9-17(19)34-5)30-37(32)14(3)20(35-6)21-25-10-15(24)11-26-21/h7-11,14,20H,1-6H3,(H,28,30). The summed E-state index contributed by atoms with van der Waals surface area (Å²) in [4.78, 5) is 8.42. The van der Waals surface area contributed by atoms with Crippen molar-refractivity contribution >= 4 is 28.9 Å². The van der Waals surface area contributed by atoms with E-state index >= 15 is 0 Å². The van der Waals surface area contributed by atoms with Crippen LogP contribution in [0, 0.1) is 13.8 Å². The number of aromatic nitrogens is 6. The number of nitrogens with one attached hydrogen (secondary N) is 1. The Morgan fingerprint density at radius 2 is 1.73 bits per heavy atom. The van der Waals surface area contributed by atoms with Gasteiger partial charge in [0.2, 0.25) is 0 Å². The monoisotopic (exact) mass is 547 g/mol. The van der Waals surface area contributed by atoms with Gasteiger partial charge in [-0.2, -0.15) is 4.72 Å². The number of nitrogens with zero attached hydrogens (tertiary/aromatic N) is 6. The minimum atomic E-state index is -1.73. The van der Waals surface area contributed by atoms with E-state index in [0.29, 0.717) is 45.3 Å². The van der Waals surface area contributed by atoms with E-state index < -0.39 is 22.7 Å². The smallest absolute Gasteiger partial charge is 0.271 e. The molecule has 0 aliphatic rings. The van der Waals surface area contributed by atoms with Gasteiger partial charge in [0.25, 0.3) is 5.95 Å². The average Bonchev–Trinajstić information content (AvgIpc) is 3.46. The van der Waals surface area contributed by atoms with Crippen molar-refractivity contribution < 1.29 is 23.3 Å². The molecule has 0 spiro atoms. The molecule has 1 aromatic carbocycles. The Balaban J connectivity index is 1.79. The second-order valence-electron chi connectivity index (χ2n) is 7.93. The molecule has 4 aromatic rings. The lowest BCUT2D eigenvalue weighted by molar-refractivity contribution is 0.0950. The lowest BCUT2D eigenvalue weighted by atomic mass is 10.2. The lowest BCUT2D eigenvalue weighted by Gasteiger charge is -2.24. The van der Waals surface area contributed by atoms with E-state index in [2.05, 4.69) is 30.0 Å². The molecule has 0 aliphatic heterocycles. The molecule has 1 N–H and O–H groups in total. The first-order valence-electron chi connectivity index (χ1n) is 11.1. The summed E-state index contributed by atoms with van der Waals surface area (Å²) in [5.74, 6) is 2.43. The Morgan fingerprint density at radius 1 is 1.08 bits per heavy atom. The Hall–Kier alpha value is -3.39. The van der Waals surface area contributed by atoms with Gasteiger partial charge in [-0.1, -0.05) is 22.8 Å². The number of hydrogen-bond donors (Lipinski definition) is 1. The van der Waals surface area contributed by atoms with E-state index in [1.807, 2.05) is 6.92 Å². The molecule has 3 aromatic heterocycles. The van der Waals surface area contributed by atoms with Gasteiger partial charge in [-0.3, -0.25) is 0 Å². The zero-order valence-corrected chi connectivity index (χ0v) is 22.6. The number of aryl methyl sites for hydroxylation is 1. The van der Waals surface area contributed by atoms with Gasteiger partial charge in [0.05, 0.1) is 30.6 Å². The van der Waals surface area contributed by atoms with Crippen molar-refractivity contribution in [2.45, 2.75) is 32.1 Å². The molecule has 0 aliphatic carbocycles. The largest absolute Gasteiger partial charge is 0.593 e. The van der Waals surface area contributed by atoms with E-state index in [0.717, 1.165) is 5.56 Å². The molecule has 0 amide bonds. The first-order valence-corrected chi connectivity index (χ1v) is 12.7. The molecule has 0 fully saturated rings. The summed E-state index contributed by atoms with van der Waals surface area (Å²) in [6.45, 7) is 5.41. The zero-order chi connectivity index (χ0) is 26.7. The van der Waals surface area contributed by atoms with Crippen molar-refractivity contribution in [1.82, 2.24) is 29.9 Å². The number of halogens is 1. The highest BCUT2D eigenvalue weighted by Gasteiger charge is 2.34. The second-order valence-corrected chi connectivity index (χ2v) is 9.91. The number of methoxy groups -OCH3 is 3. The van der Waals surface area contributed by atoms with Crippen LogP contribution in [0.4, 0.5) is 5.95 Å². The molecule has 12 nitrogen and oxygen atoms in total. The highest BCUT2D eigenvalue weighted by atomic mass is 35.5. The van der Waals surface area contributed by atoms with Crippen molar-refractivity contribution in [3.05, 3.63) is 52.8 Å². The van der Waals surface area contributed by atoms with Crippen molar-refractivity contribution in [2.75, 3.05) is 26.1 Å². The number of ether oxygens (including phenoxy) is 3. The lowest BCUT2D eigenvalue weighted by Crippen LogP contribution is -2.33. The number of anilines is 1. The molecular formula is C23H26ClN7O5S. The van der Waals surface area contributed by atoms with Crippen LogP contribution in [-0.4, -0.2) is 61.0 Å². The van der Waals surface area contributed by atoms with Gasteiger partial charge in [0.1, 0.15) is 22.9 Å². The summed E-state index contributed by atoms with van der Waals surface area (Å²) in [5, 5.41) is 12.6.